The maximum Gasteiger partial charge on any atom is 0.145 e. The van der Waals surface area contributed by atoms with E-state index in [1.54, 1.807) is 0 Å². The minimum atomic E-state index is 0.845. The third kappa shape index (κ3) is 4.47. The Morgan fingerprint density at radius 1 is 0.375 bits per heavy atom. The van der Waals surface area contributed by atoms with Crippen LogP contribution in [0.4, 0.5) is 17.1 Å². The first-order chi connectivity index (χ1) is 27.8. The molecule has 0 radical (unpaired) electrons. The topological polar surface area (TPSA) is 34.5 Å². The van der Waals surface area contributed by atoms with Crippen LogP contribution in [0.15, 0.2) is 203 Å². The Kier molecular flexibility index (Phi) is 6.60. The average Bonchev–Trinajstić information content (AvgIpc) is 3.94. The summed E-state index contributed by atoms with van der Waals surface area (Å²) in [4.78, 5) is 2.41. The van der Waals surface area contributed by atoms with Gasteiger partial charge in [0, 0.05) is 38.2 Å². The highest BCUT2D eigenvalue weighted by Crippen LogP contribution is 2.50. The molecule has 3 aromatic heterocycles. The monoisotopic (exact) mass is 716 g/mol. The largest absolute Gasteiger partial charge is 0.456 e. The van der Waals surface area contributed by atoms with Gasteiger partial charge >= 0.3 is 0 Å². The number of hydrogen-bond donors (Lipinski definition) is 0. The lowest BCUT2D eigenvalue weighted by Crippen LogP contribution is -2.11. The second kappa shape index (κ2) is 12.0. The number of aromatic nitrogens is 1. The molecule has 12 aromatic rings. The third-order valence-electron chi connectivity index (χ3n) is 11.4. The molecule has 0 unspecified atom stereocenters. The van der Waals surface area contributed by atoms with Gasteiger partial charge < -0.3 is 18.3 Å². The van der Waals surface area contributed by atoms with Gasteiger partial charge in [-0.2, -0.15) is 0 Å². The van der Waals surface area contributed by atoms with Crippen molar-refractivity contribution in [2.24, 2.45) is 0 Å². The summed E-state index contributed by atoms with van der Waals surface area (Å²) in [7, 11) is 0. The standard InChI is InChI=1S/C52H32N2O2/c1-2-18-36-33(14-1)15-12-25-42(36)54(45-26-13-29-49-50(45)40-21-5-9-27-47(40)55-49)46-31-30-37(52-51(46)41-22-6-10-28-48(41)56-52)34-16-11-17-35(32-34)53-43-23-7-3-19-38(43)39-20-4-8-24-44(39)53/h1-32H. The third-order valence-corrected chi connectivity index (χ3v) is 11.4. The molecule has 0 N–H and O–H groups in total. The molecule has 0 fully saturated rings. The van der Waals surface area contributed by atoms with Crippen LogP contribution < -0.4 is 4.90 Å². The van der Waals surface area contributed by atoms with Crippen LogP contribution in [0, 0.1) is 0 Å². The van der Waals surface area contributed by atoms with Crippen molar-refractivity contribution >= 4 is 93.5 Å². The molecule has 0 saturated heterocycles. The fourth-order valence-electron chi connectivity index (χ4n) is 8.97. The van der Waals surface area contributed by atoms with E-state index < -0.39 is 0 Å². The molecule has 262 valence electrons. The van der Waals surface area contributed by atoms with Gasteiger partial charge in [0.25, 0.3) is 0 Å². The van der Waals surface area contributed by atoms with E-state index in [9.17, 15) is 0 Å². The molecule has 0 aliphatic carbocycles. The second-order valence-electron chi connectivity index (χ2n) is 14.4. The first-order valence-corrected chi connectivity index (χ1v) is 19.0. The molecule has 12 rings (SSSR count). The molecule has 0 bridgehead atoms. The maximum atomic E-state index is 6.95. The molecule has 3 heterocycles. The Hall–Kier alpha value is -7.56. The summed E-state index contributed by atoms with van der Waals surface area (Å²) < 4.78 is 15.8. The molecule has 0 aliphatic rings. The van der Waals surface area contributed by atoms with Gasteiger partial charge in [-0.25, -0.2) is 0 Å². The molecule has 4 heteroatoms. The molecule has 56 heavy (non-hydrogen) atoms. The van der Waals surface area contributed by atoms with Gasteiger partial charge in [0.05, 0.1) is 38.9 Å². The van der Waals surface area contributed by atoms with E-state index in [1.165, 1.54) is 27.2 Å². The minimum absolute atomic E-state index is 0.845. The van der Waals surface area contributed by atoms with Crippen molar-refractivity contribution in [2.75, 3.05) is 4.90 Å². The smallest absolute Gasteiger partial charge is 0.145 e. The van der Waals surface area contributed by atoms with Crippen molar-refractivity contribution in [3.8, 4) is 16.8 Å². The van der Waals surface area contributed by atoms with E-state index in [1.807, 2.05) is 18.2 Å². The van der Waals surface area contributed by atoms with Crippen LogP contribution in [0.25, 0.3) is 93.3 Å². The zero-order valence-electron chi connectivity index (χ0n) is 30.2. The normalized spacial score (nSPS) is 11.9. The van der Waals surface area contributed by atoms with Crippen molar-refractivity contribution in [1.29, 1.82) is 0 Å². The van der Waals surface area contributed by atoms with Gasteiger partial charge in [-0.3, -0.25) is 0 Å². The Morgan fingerprint density at radius 2 is 0.929 bits per heavy atom. The van der Waals surface area contributed by atoms with E-state index in [0.29, 0.717) is 0 Å². The Morgan fingerprint density at radius 3 is 1.71 bits per heavy atom. The SMILES string of the molecule is c1cc(-c2ccc(N(c3cccc4ccccc34)c3cccc4oc5ccccc5c34)c3c2oc2ccccc23)cc(-n2c3ccccc3c3ccccc32)c1. The Balaban J connectivity index is 1.15. The van der Waals surface area contributed by atoms with Gasteiger partial charge in [-0.1, -0.05) is 127 Å². The van der Waals surface area contributed by atoms with Gasteiger partial charge in [-0.05, 0) is 77.7 Å². The predicted octanol–water partition coefficient (Wildman–Crippen LogP) is 14.9. The molecule has 0 saturated carbocycles. The average molecular weight is 717 g/mol. The van der Waals surface area contributed by atoms with E-state index in [4.69, 9.17) is 8.83 Å². The lowest BCUT2D eigenvalue weighted by Gasteiger charge is -2.28. The first kappa shape index (κ1) is 30.9. The minimum Gasteiger partial charge on any atom is -0.456 e. The molecule has 0 atom stereocenters. The van der Waals surface area contributed by atoms with Gasteiger partial charge in [0.1, 0.15) is 22.3 Å². The Bertz CT molecular complexity index is 3450. The molecule has 0 aliphatic heterocycles. The van der Waals surface area contributed by atoms with E-state index in [0.717, 1.165) is 83.1 Å². The summed E-state index contributed by atoms with van der Waals surface area (Å²) in [6.07, 6.45) is 0. The number of rotatable bonds is 5. The van der Waals surface area contributed by atoms with Crippen molar-refractivity contribution in [3.63, 3.8) is 0 Å². The Labute approximate surface area is 321 Å². The summed E-state index contributed by atoms with van der Waals surface area (Å²) in [6.45, 7) is 0. The predicted molar refractivity (Wildman–Crippen MR) is 233 cm³/mol. The number of hydrogen-bond acceptors (Lipinski definition) is 3. The van der Waals surface area contributed by atoms with E-state index in [2.05, 4.69) is 185 Å². The summed E-state index contributed by atoms with van der Waals surface area (Å²) in [5, 5.41) is 9.08. The van der Waals surface area contributed by atoms with Gasteiger partial charge in [0.15, 0.2) is 0 Å². The highest BCUT2D eigenvalue weighted by Gasteiger charge is 2.26. The number of nitrogens with zero attached hydrogens (tertiary/aromatic N) is 2. The van der Waals surface area contributed by atoms with Crippen LogP contribution in [0.5, 0.6) is 0 Å². The van der Waals surface area contributed by atoms with Crippen LogP contribution in [-0.4, -0.2) is 4.57 Å². The molecule has 0 amide bonds. The maximum absolute atomic E-state index is 6.95. The summed E-state index contributed by atoms with van der Waals surface area (Å²) >= 11 is 0. The zero-order chi connectivity index (χ0) is 36.7. The van der Waals surface area contributed by atoms with Crippen molar-refractivity contribution < 1.29 is 8.83 Å². The van der Waals surface area contributed by atoms with Crippen LogP contribution in [0.1, 0.15) is 0 Å². The number of para-hydroxylation sites is 4. The molecule has 0 spiro atoms. The molecule has 4 nitrogen and oxygen atoms in total. The van der Waals surface area contributed by atoms with Crippen LogP contribution in [-0.2, 0) is 0 Å². The van der Waals surface area contributed by atoms with Gasteiger partial charge in [-0.15, -0.1) is 0 Å². The summed E-state index contributed by atoms with van der Waals surface area (Å²) in [6, 6.07) is 68.9. The number of anilines is 3. The lowest BCUT2D eigenvalue weighted by molar-refractivity contribution is 0.669. The summed E-state index contributed by atoms with van der Waals surface area (Å²) in [5.74, 6) is 0. The van der Waals surface area contributed by atoms with Gasteiger partial charge in [0.2, 0.25) is 0 Å². The second-order valence-corrected chi connectivity index (χ2v) is 14.4. The molecular weight excluding hydrogens is 685 g/mol. The highest BCUT2D eigenvalue weighted by molar-refractivity contribution is 6.21. The fourth-order valence-corrected chi connectivity index (χ4v) is 8.97. The number of furan rings is 2. The highest BCUT2D eigenvalue weighted by atomic mass is 16.3. The number of fused-ring (bicyclic) bond motifs is 10. The quantitative estimate of drug-likeness (QED) is 0.178. The van der Waals surface area contributed by atoms with E-state index >= 15 is 0 Å². The van der Waals surface area contributed by atoms with Crippen LogP contribution in [0.3, 0.4) is 0 Å². The van der Waals surface area contributed by atoms with Crippen molar-refractivity contribution in [2.45, 2.75) is 0 Å². The zero-order valence-corrected chi connectivity index (χ0v) is 30.2. The fraction of sp³-hybridized carbons (Fsp3) is 0. The lowest BCUT2D eigenvalue weighted by atomic mass is 9.98. The molecule has 9 aromatic carbocycles. The molecular formula is C52H32N2O2. The summed E-state index contributed by atoms with van der Waals surface area (Å²) in [5.41, 5.74) is 12.1. The van der Waals surface area contributed by atoms with E-state index in [-0.39, 0.29) is 0 Å². The van der Waals surface area contributed by atoms with Crippen molar-refractivity contribution in [3.05, 3.63) is 194 Å². The first-order valence-electron chi connectivity index (χ1n) is 19.0. The number of benzene rings is 9. The van der Waals surface area contributed by atoms with Crippen LogP contribution >= 0.6 is 0 Å². The van der Waals surface area contributed by atoms with Crippen molar-refractivity contribution in [1.82, 2.24) is 4.57 Å². The van der Waals surface area contributed by atoms with Crippen LogP contribution in [0.2, 0.25) is 0 Å².